The Morgan fingerprint density at radius 2 is 1.94 bits per heavy atom. The number of nitrogens with one attached hydrogen (secondary N) is 3. The largest absolute Gasteiger partial charge is 0.495 e. The van der Waals surface area contributed by atoms with E-state index in [-0.39, 0.29) is 23.3 Å². The third-order valence-electron chi connectivity index (χ3n) is 6.03. The summed E-state index contributed by atoms with van der Waals surface area (Å²) in [5.41, 5.74) is 1.61. The van der Waals surface area contributed by atoms with Gasteiger partial charge in [0.1, 0.15) is 17.0 Å². The maximum absolute atomic E-state index is 12.9. The van der Waals surface area contributed by atoms with E-state index < -0.39 is 0 Å². The Kier molecular flexibility index (Phi) is 5.70. The summed E-state index contributed by atoms with van der Waals surface area (Å²) in [5, 5.41) is 9.32. The standard InChI is InChI=1S/C23H26N6O5/c1-28-23(32)19-16(12-18(25-20(19)27-28)26-21(30)13-3-4-13)24-15-6-5-14(11-17(15)33-2)22(31)29-7-9-34-10-8-29/h5-6,11-13H,3-4,7-10H2,1-2H3,(H3,24,25,26,27,30). The fraction of sp³-hybridized carbons (Fsp3) is 0.391. The average molecular weight is 466 g/mol. The number of hydrogen-bond donors (Lipinski definition) is 3. The van der Waals surface area contributed by atoms with Crippen molar-refractivity contribution in [1.82, 2.24) is 19.7 Å². The maximum Gasteiger partial charge on any atom is 0.277 e. The molecule has 5 rings (SSSR count). The van der Waals surface area contributed by atoms with Crippen LogP contribution in [-0.2, 0) is 16.6 Å². The molecule has 2 aromatic heterocycles. The third-order valence-corrected chi connectivity index (χ3v) is 6.03. The van der Waals surface area contributed by atoms with Crippen LogP contribution in [-0.4, -0.2) is 64.9 Å². The molecule has 0 unspecified atom stereocenters. The van der Waals surface area contributed by atoms with Gasteiger partial charge in [0.2, 0.25) is 5.91 Å². The Morgan fingerprint density at radius 1 is 1.18 bits per heavy atom. The van der Waals surface area contributed by atoms with Gasteiger partial charge >= 0.3 is 0 Å². The summed E-state index contributed by atoms with van der Waals surface area (Å²) >= 11 is 0. The van der Waals surface area contributed by atoms with Crippen LogP contribution in [0.1, 0.15) is 23.2 Å². The molecule has 1 aromatic carbocycles. The molecule has 2 amide bonds. The van der Waals surface area contributed by atoms with Crippen molar-refractivity contribution in [3.05, 3.63) is 40.2 Å². The summed E-state index contributed by atoms with van der Waals surface area (Å²) in [5.74, 6) is 0.621. The first-order valence-electron chi connectivity index (χ1n) is 11.2. The highest BCUT2D eigenvalue weighted by Gasteiger charge is 2.30. The van der Waals surface area contributed by atoms with Gasteiger partial charge in [-0.3, -0.25) is 24.2 Å². The molecule has 3 heterocycles. The third kappa shape index (κ3) is 4.21. The molecule has 34 heavy (non-hydrogen) atoms. The number of amides is 2. The van der Waals surface area contributed by atoms with Gasteiger partial charge in [-0.15, -0.1) is 0 Å². The smallest absolute Gasteiger partial charge is 0.277 e. The molecule has 1 saturated heterocycles. The Labute approximate surface area is 195 Å². The number of hydrogen-bond acceptors (Lipinski definition) is 7. The van der Waals surface area contributed by atoms with E-state index in [4.69, 9.17) is 9.47 Å². The first kappa shape index (κ1) is 22.0. The van der Waals surface area contributed by atoms with Crippen LogP contribution in [0.5, 0.6) is 5.75 Å². The second-order valence-corrected chi connectivity index (χ2v) is 8.46. The van der Waals surface area contributed by atoms with Crippen LogP contribution in [0.15, 0.2) is 29.1 Å². The van der Waals surface area contributed by atoms with Crippen molar-refractivity contribution < 1.29 is 19.1 Å². The van der Waals surface area contributed by atoms with Crippen molar-refractivity contribution in [2.45, 2.75) is 12.8 Å². The molecule has 3 aromatic rings. The lowest BCUT2D eigenvalue weighted by molar-refractivity contribution is -0.117. The highest BCUT2D eigenvalue weighted by Crippen LogP contribution is 2.34. The van der Waals surface area contributed by atoms with Crippen molar-refractivity contribution in [2.24, 2.45) is 13.0 Å². The molecule has 11 heteroatoms. The number of pyridine rings is 1. The van der Waals surface area contributed by atoms with Gasteiger partial charge in [0, 0.05) is 37.7 Å². The van der Waals surface area contributed by atoms with Crippen LogP contribution < -0.4 is 20.9 Å². The number of aryl methyl sites for hydroxylation is 1. The van der Waals surface area contributed by atoms with Crippen molar-refractivity contribution in [2.75, 3.05) is 44.0 Å². The normalized spacial score (nSPS) is 15.9. The fourth-order valence-corrected chi connectivity index (χ4v) is 3.98. The number of aromatic nitrogens is 3. The van der Waals surface area contributed by atoms with Crippen molar-refractivity contribution >= 4 is 40.0 Å². The fourth-order valence-electron chi connectivity index (χ4n) is 3.98. The van der Waals surface area contributed by atoms with E-state index in [1.807, 2.05) is 0 Å². The topological polar surface area (TPSA) is 131 Å². The van der Waals surface area contributed by atoms with E-state index >= 15 is 0 Å². The molecular formula is C23H26N6O5. The Bertz CT molecular complexity index is 1320. The van der Waals surface area contributed by atoms with Gasteiger partial charge in [0.25, 0.3) is 11.5 Å². The number of ether oxygens (including phenoxy) is 2. The molecule has 0 atom stereocenters. The van der Waals surface area contributed by atoms with E-state index in [2.05, 4.69) is 20.7 Å². The van der Waals surface area contributed by atoms with Crippen LogP contribution in [0.2, 0.25) is 0 Å². The summed E-state index contributed by atoms with van der Waals surface area (Å²) < 4.78 is 12.2. The Morgan fingerprint density at radius 3 is 2.65 bits per heavy atom. The summed E-state index contributed by atoms with van der Waals surface area (Å²) in [6.07, 6.45) is 1.74. The van der Waals surface area contributed by atoms with E-state index in [1.165, 1.54) is 11.8 Å². The van der Waals surface area contributed by atoms with E-state index in [9.17, 15) is 14.4 Å². The molecule has 1 aliphatic heterocycles. The number of anilines is 3. The zero-order valence-corrected chi connectivity index (χ0v) is 19.0. The van der Waals surface area contributed by atoms with Gasteiger partial charge in [0.05, 0.1) is 31.7 Å². The number of carbonyl (C=O) groups excluding carboxylic acids is 2. The number of aromatic amines is 1. The van der Waals surface area contributed by atoms with Gasteiger partial charge in [-0.2, -0.15) is 0 Å². The van der Waals surface area contributed by atoms with Crippen molar-refractivity contribution in [1.29, 1.82) is 0 Å². The minimum Gasteiger partial charge on any atom is -0.495 e. The molecule has 1 saturated carbocycles. The van der Waals surface area contributed by atoms with Gasteiger partial charge in [-0.05, 0) is 31.0 Å². The lowest BCUT2D eigenvalue weighted by Crippen LogP contribution is -2.40. The van der Waals surface area contributed by atoms with Crippen LogP contribution in [0.3, 0.4) is 0 Å². The van der Waals surface area contributed by atoms with E-state index in [1.54, 1.807) is 36.2 Å². The van der Waals surface area contributed by atoms with Gasteiger partial charge in [-0.25, -0.2) is 4.98 Å². The summed E-state index contributed by atoms with van der Waals surface area (Å²) in [4.78, 5) is 44.0. The van der Waals surface area contributed by atoms with Gasteiger partial charge in [-0.1, -0.05) is 0 Å². The zero-order chi connectivity index (χ0) is 23.8. The molecule has 2 aliphatic rings. The molecule has 0 bridgehead atoms. The predicted molar refractivity (Wildman–Crippen MR) is 126 cm³/mol. The monoisotopic (exact) mass is 466 g/mol. The van der Waals surface area contributed by atoms with Gasteiger partial charge < -0.3 is 25.0 Å². The summed E-state index contributed by atoms with van der Waals surface area (Å²) in [6.45, 7) is 2.13. The summed E-state index contributed by atoms with van der Waals surface area (Å²) in [7, 11) is 3.12. The summed E-state index contributed by atoms with van der Waals surface area (Å²) in [6, 6.07) is 6.75. The van der Waals surface area contributed by atoms with Crippen LogP contribution in [0.25, 0.3) is 11.0 Å². The predicted octanol–water partition coefficient (Wildman–Crippen LogP) is 1.83. The van der Waals surface area contributed by atoms with Crippen LogP contribution in [0, 0.1) is 5.92 Å². The SMILES string of the molecule is COc1cc(C(=O)N2CCOCC2)ccc1Nc1cc(NC(=O)C2CC2)nc2[nH]n(C)c(=O)c12. The van der Waals surface area contributed by atoms with Crippen LogP contribution >= 0.6 is 0 Å². The molecule has 2 fully saturated rings. The second-order valence-electron chi connectivity index (χ2n) is 8.46. The van der Waals surface area contributed by atoms with E-state index in [0.717, 1.165) is 12.8 Å². The Hall–Kier alpha value is -3.86. The maximum atomic E-state index is 12.9. The average Bonchev–Trinajstić information content (AvgIpc) is 3.65. The lowest BCUT2D eigenvalue weighted by atomic mass is 10.1. The Balaban J connectivity index is 1.48. The number of nitrogens with zero attached hydrogens (tertiary/aromatic N) is 3. The minimum atomic E-state index is -0.261. The molecule has 178 valence electrons. The molecular weight excluding hydrogens is 440 g/mol. The number of H-pyrrole nitrogens is 1. The molecule has 0 radical (unpaired) electrons. The van der Waals surface area contributed by atoms with Crippen LogP contribution in [0.4, 0.5) is 17.2 Å². The zero-order valence-electron chi connectivity index (χ0n) is 19.0. The number of morpholine rings is 1. The number of benzene rings is 1. The second kappa shape index (κ2) is 8.82. The lowest BCUT2D eigenvalue weighted by Gasteiger charge is -2.27. The first-order valence-corrected chi connectivity index (χ1v) is 11.2. The number of carbonyl (C=O) groups is 2. The quantitative estimate of drug-likeness (QED) is 0.505. The number of methoxy groups -OCH3 is 1. The molecule has 11 nitrogen and oxygen atoms in total. The molecule has 0 spiro atoms. The van der Waals surface area contributed by atoms with Crippen molar-refractivity contribution in [3.8, 4) is 5.75 Å². The van der Waals surface area contributed by atoms with E-state index in [0.29, 0.717) is 65.8 Å². The number of rotatable bonds is 6. The highest BCUT2D eigenvalue weighted by molar-refractivity contribution is 5.99. The molecule has 3 N–H and O–H groups in total. The first-order chi connectivity index (χ1) is 16.4. The highest BCUT2D eigenvalue weighted by atomic mass is 16.5. The minimum absolute atomic E-state index is 0.0142. The van der Waals surface area contributed by atoms with Gasteiger partial charge in [0.15, 0.2) is 5.65 Å². The molecule has 1 aliphatic carbocycles. The van der Waals surface area contributed by atoms with Crippen molar-refractivity contribution in [3.63, 3.8) is 0 Å². The number of fused-ring (bicyclic) bond motifs is 1.